The van der Waals surface area contributed by atoms with Crippen molar-refractivity contribution in [1.82, 2.24) is 14.5 Å². The summed E-state index contributed by atoms with van der Waals surface area (Å²) in [5, 5.41) is 0.849. The third-order valence-electron chi connectivity index (χ3n) is 5.18. The van der Waals surface area contributed by atoms with E-state index in [2.05, 4.69) is 16.9 Å². The number of aromatic nitrogens is 3. The highest BCUT2D eigenvalue weighted by Crippen LogP contribution is 2.41. The summed E-state index contributed by atoms with van der Waals surface area (Å²) in [7, 11) is 0.855. The molecule has 0 aliphatic heterocycles. The van der Waals surface area contributed by atoms with Crippen LogP contribution in [0.2, 0.25) is 0 Å². The second kappa shape index (κ2) is 9.22. The lowest BCUT2D eigenvalue weighted by Gasteiger charge is -2.10. The molecule has 0 saturated carbocycles. The summed E-state index contributed by atoms with van der Waals surface area (Å²) >= 11 is 1.42. The maximum Gasteiger partial charge on any atom is 0.128 e. The monoisotopic (exact) mass is 443 g/mol. The van der Waals surface area contributed by atoms with Crippen molar-refractivity contribution in [3.8, 4) is 11.3 Å². The molecular weight excluding hydrogens is 414 g/mol. The van der Waals surface area contributed by atoms with E-state index in [1.165, 1.54) is 11.3 Å². The molecule has 3 heterocycles. The minimum absolute atomic E-state index is 0.566. The molecule has 0 amide bonds. The normalized spacial score (nSPS) is 13.9. The van der Waals surface area contributed by atoms with Crippen LogP contribution < -0.4 is 5.73 Å². The number of aryl methyl sites for hydroxylation is 1. The SMILES string of the molecule is C/C=C(/C)N=C(C)c1cc(-c2cnc(C)n2C)c2c(N)c(S(=O)CCCC)sc2n1. The molecular formula is C22H29N5OS2. The van der Waals surface area contributed by atoms with Crippen molar-refractivity contribution in [3.05, 3.63) is 35.6 Å². The first kappa shape index (κ1) is 22.4. The first-order valence-electron chi connectivity index (χ1n) is 10.1. The van der Waals surface area contributed by atoms with Gasteiger partial charge in [0.2, 0.25) is 0 Å². The van der Waals surface area contributed by atoms with E-state index in [4.69, 9.17) is 10.7 Å². The molecule has 0 spiro atoms. The minimum Gasteiger partial charge on any atom is -0.396 e. The van der Waals surface area contributed by atoms with Crippen molar-refractivity contribution in [1.29, 1.82) is 0 Å². The molecule has 3 rings (SSSR count). The summed E-state index contributed by atoms with van der Waals surface area (Å²) in [6, 6.07) is 2.02. The Hall–Kier alpha value is -2.32. The molecule has 160 valence electrons. The Kier molecular flexibility index (Phi) is 6.88. The van der Waals surface area contributed by atoms with Crippen LogP contribution in [0.1, 0.15) is 52.1 Å². The molecule has 0 fully saturated rings. The molecule has 1 atom stereocenters. The van der Waals surface area contributed by atoms with Crippen molar-refractivity contribution in [2.45, 2.75) is 51.7 Å². The van der Waals surface area contributed by atoms with Gasteiger partial charge in [-0.2, -0.15) is 0 Å². The Bertz CT molecular complexity index is 1170. The number of allylic oxidation sites excluding steroid dienone is 2. The molecule has 6 nitrogen and oxygen atoms in total. The minimum atomic E-state index is -1.13. The fourth-order valence-corrected chi connectivity index (χ4v) is 5.96. The molecule has 3 aromatic heterocycles. The van der Waals surface area contributed by atoms with Crippen LogP contribution in [0.5, 0.6) is 0 Å². The molecule has 1 unspecified atom stereocenters. The molecule has 0 aliphatic rings. The van der Waals surface area contributed by atoms with Gasteiger partial charge in [0.15, 0.2) is 0 Å². The third kappa shape index (κ3) is 4.25. The largest absolute Gasteiger partial charge is 0.396 e. The lowest BCUT2D eigenvalue weighted by atomic mass is 10.1. The number of anilines is 1. The number of hydrogen-bond donors (Lipinski definition) is 1. The number of nitrogen functional groups attached to an aromatic ring is 1. The molecule has 0 saturated heterocycles. The molecule has 0 aromatic carbocycles. The molecule has 3 aromatic rings. The highest BCUT2D eigenvalue weighted by molar-refractivity contribution is 7.87. The molecule has 0 bridgehead atoms. The summed E-state index contributed by atoms with van der Waals surface area (Å²) in [6.45, 7) is 9.94. The first-order valence-corrected chi connectivity index (χ1v) is 12.2. The summed E-state index contributed by atoms with van der Waals surface area (Å²) < 4.78 is 15.6. The maximum absolute atomic E-state index is 12.9. The van der Waals surface area contributed by atoms with Gasteiger partial charge in [-0.3, -0.25) is 9.20 Å². The van der Waals surface area contributed by atoms with E-state index in [-0.39, 0.29) is 0 Å². The van der Waals surface area contributed by atoms with Crippen molar-refractivity contribution < 1.29 is 4.21 Å². The number of fused-ring (bicyclic) bond motifs is 1. The smallest absolute Gasteiger partial charge is 0.128 e. The van der Waals surface area contributed by atoms with E-state index < -0.39 is 10.8 Å². The van der Waals surface area contributed by atoms with Gasteiger partial charge in [0.1, 0.15) is 14.9 Å². The summed E-state index contributed by atoms with van der Waals surface area (Å²) in [5.74, 6) is 1.52. The van der Waals surface area contributed by atoms with Gasteiger partial charge in [-0.1, -0.05) is 19.4 Å². The Morgan fingerprint density at radius 1 is 1.40 bits per heavy atom. The van der Waals surface area contributed by atoms with E-state index in [1.54, 1.807) is 0 Å². The Labute approximate surface area is 184 Å². The van der Waals surface area contributed by atoms with Crippen molar-refractivity contribution >= 4 is 43.8 Å². The zero-order valence-electron chi connectivity index (χ0n) is 18.4. The van der Waals surface area contributed by atoms with Crippen molar-refractivity contribution in [3.63, 3.8) is 0 Å². The van der Waals surface area contributed by atoms with E-state index in [0.29, 0.717) is 15.6 Å². The maximum atomic E-state index is 12.9. The fraction of sp³-hybridized carbons (Fsp3) is 0.409. The predicted octanol–water partition coefficient (Wildman–Crippen LogP) is 5.23. The molecule has 30 heavy (non-hydrogen) atoms. The van der Waals surface area contributed by atoms with Crippen LogP contribution in [-0.4, -0.2) is 30.2 Å². The predicted molar refractivity (Wildman–Crippen MR) is 129 cm³/mol. The average Bonchev–Trinajstić information content (AvgIpc) is 3.24. The van der Waals surface area contributed by atoms with Crippen LogP contribution in [0, 0.1) is 6.92 Å². The van der Waals surface area contributed by atoms with Crippen molar-refractivity contribution in [2.75, 3.05) is 11.5 Å². The van der Waals surface area contributed by atoms with Crippen LogP contribution in [-0.2, 0) is 17.8 Å². The molecule has 2 N–H and O–H groups in total. The molecule has 8 heteroatoms. The lowest BCUT2D eigenvalue weighted by Crippen LogP contribution is -2.02. The van der Waals surface area contributed by atoms with Gasteiger partial charge in [-0.25, -0.2) is 9.97 Å². The number of unbranched alkanes of at least 4 members (excludes halogenated alkanes) is 1. The number of imidazole rings is 1. The quantitative estimate of drug-likeness (QED) is 0.507. The second-order valence-corrected chi connectivity index (χ2v) is 10.1. The van der Waals surface area contributed by atoms with E-state index in [1.807, 2.05) is 57.6 Å². The number of thiophene rings is 1. The Morgan fingerprint density at radius 2 is 2.13 bits per heavy atom. The first-order chi connectivity index (χ1) is 14.3. The van der Waals surface area contributed by atoms with Gasteiger partial charge in [0, 0.05) is 29.4 Å². The number of rotatable bonds is 7. The van der Waals surface area contributed by atoms with Gasteiger partial charge in [0.05, 0.1) is 39.8 Å². The Balaban J connectivity index is 2.29. The second-order valence-electron chi connectivity index (χ2n) is 7.32. The van der Waals surface area contributed by atoms with Gasteiger partial charge in [-0.05, 0) is 40.2 Å². The van der Waals surface area contributed by atoms with E-state index in [9.17, 15) is 4.21 Å². The van der Waals surface area contributed by atoms with Gasteiger partial charge in [0.25, 0.3) is 0 Å². The van der Waals surface area contributed by atoms with Crippen LogP contribution in [0.25, 0.3) is 21.5 Å². The van der Waals surface area contributed by atoms with Crippen LogP contribution in [0.3, 0.4) is 0 Å². The lowest BCUT2D eigenvalue weighted by molar-refractivity contribution is 0.681. The van der Waals surface area contributed by atoms with Crippen LogP contribution in [0.15, 0.2) is 33.2 Å². The van der Waals surface area contributed by atoms with Crippen LogP contribution in [0.4, 0.5) is 5.69 Å². The standard InChI is InChI=1S/C22H29N5OS2/c1-7-9-10-30(28)22-20(23)19-16(18-12-24-15(5)27(18)6)11-17(26-21(19)29-22)14(4)25-13(3)8-2/h8,11-12H,7,9-10,23H2,1-6H3/b13-8-,25-14?. The topological polar surface area (TPSA) is 86.2 Å². The fourth-order valence-electron chi connectivity index (χ4n) is 3.16. The van der Waals surface area contributed by atoms with E-state index >= 15 is 0 Å². The van der Waals surface area contributed by atoms with Gasteiger partial charge >= 0.3 is 0 Å². The Morgan fingerprint density at radius 3 is 2.73 bits per heavy atom. The molecule has 0 aliphatic carbocycles. The molecule has 0 radical (unpaired) electrons. The third-order valence-corrected chi connectivity index (χ3v) is 8.18. The van der Waals surface area contributed by atoms with E-state index in [0.717, 1.165) is 57.2 Å². The average molecular weight is 444 g/mol. The highest BCUT2D eigenvalue weighted by atomic mass is 32.2. The van der Waals surface area contributed by atoms with Gasteiger partial charge in [-0.15, -0.1) is 11.3 Å². The van der Waals surface area contributed by atoms with Gasteiger partial charge < -0.3 is 10.3 Å². The zero-order valence-corrected chi connectivity index (χ0v) is 20.1. The summed E-state index contributed by atoms with van der Waals surface area (Å²) in [4.78, 5) is 14.7. The summed E-state index contributed by atoms with van der Waals surface area (Å²) in [5.41, 5.74) is 11.5. The number of nitrogens with two attached hydrogens (primary N) is 1. The van der Waals surface area contributed by atoms with Crippen molar-refractivity contribution in [2.24, 2.45) is 12.0 Å². The highest BCUT2D eigenvalue weighted by Gasteiger charge is 2.22. The number of hydrogen-bond acceptors (Lipinski definition) is 6. The zero-order chi connectivity index (χ0) is 22.0. The number of nitrogens with zero attached hydrogens (tertiary/aromatic N) is 4. The number of pyridine rings is 1. The van der Waals surface area contributed by atoms with Crippen LogP contribution >= 0.6 is 11.3 Å². The summed E-state index contributed by atoms with van der Waals surface area (Å²) in [6.07, 6.45) is 5.72. The number of aliphatic imine (C=N–C) groups is 1.